The molecule has 3 aromatic heterocycles. The molecule has 0 fully saturated rings. The van der Waals surface area contributed by atoms with Crippen LogP contribution in [0.3, 0.4) is 0 Å². The largest absolute Gasteiger partial charge is 0.433 e. The molecule has 0 aliphatic carbocycles. The van der Waals surface area contributed by atoms with Crippen molar-refractivity contribution in [3.05, 3.63) is 47.9 Å². The van der Waals surface area contributed by atoms with E-state index in [0.717, 1.165) is 12.3 Å². The van der Waals surface area contributed by atoms with Gasteiger partial charge in [0.15, 0.2) is 5.65 Å². The Morgan fingerprint density at radius 2 is 2.00 bits per heavy atom. The average Bonchev–Trinajstić information content (AvgIpc) is 3.00. The van der Waals surface area contributed by atoms with Crippen molar-refractivity contribution in [3.8, 4) is 0 Å². The predicted octanol–water partition coefficient (Wildman–Crippen LogP) is 3.63. The number of nitrogens with zero attached hydrogens (tertiary/aromatic N) is 4. The van der Waals surface area contributed by atoms with Crippen molar-refractivity contribution >= 4 is 23.1 Å². The van der Waals surface area contributed by atoms with E-state index in [-0.39, 0.29) is 17.0 Å². The molecule has 3 aromatic rings. The fourth-order valence-corrected chi connectivity index (χ4v) is 2.47. The van der Waals surface area contributed by atoms with Crippen molar-refractivity contribution < 1.29 is 27.1 Å². The van der Waals surface area contributed by atoms with Gasteiger partial charge < -0.3 is 15.4 Å². The number of pyridine rings is 1. The van der Waals surface area contributed by atoms with Crippen molar-refractivity contribution in [1.82, 2.24) is 19.6 Å². The number of fused-ring (bicyclic) bond motifs is 1. The van der Waals surface area contributed by atoms with Gasteiger partial charge in [-0.15, -0.1) is 5.10 Å². The van der Waals surface area contributed by atoms with E-state index < -0.39 is 30.0 Å². The molecule has 0 aromatic carbocycles. The standard InChI is InChI=1S/C16H14F4N6O2/c1-8(28-2)14-10(7-22-13-6-12(17)25-26(13)14)24-15(27)23-9-3-4-21-11(5-9)16(18,19)20/h3-8H,1-2H3,(H2,21,23,24,27). The number of urea groups is 1. The van der Waals surface area contributed by atoms with Crippen molar-refractivity contribution in [2.45, 2.75) is 19.2 Å². The first-order valence-electron chi connectivity index (χ1n) is 7.87. The van der Waals surface area contributed by atoms with Crippen LogP contribution in [0.15, 0.2) is 30.6 Å². The highest BCUT2D eigenvalue weighted by molar-refractivity contribution is 6.00. The molecule has 148 valence electrons. The van der Waals surface area contributed by atoms with Gasteiger partial charge in [-0.2, -0.15) is 17.6 Å². The molecule has 0 spiro atoms. The van der Waals surface area contributed by atoms with Gasteiger partial charge >= 0.3 is 12.2 Å². The summed E-state index contributed by atoms with van der Waals surface area (Å²) < 4.78 is 58.1. The number of amides is 2. The van der Waals surface area contributed by atoms with Gasteiger partial charge in [-0.25, -0.2) is 14.3 Å². The molecule has 1 unspecified atom stereocenters. The van der Waals surface area contributed by atoms with Gasteiger partial charge in [-0.3, -0.25) is 4.98 Å². The molecule has 3 heterocycles. The van der Waals surface area contributed by atoms with E-state index in [2.05, 4.69) is 25.7 Å². The Labute approximate surface area is 155 Å². The molecule has 0 aliphatic rings. The number of hydrogen-bond donors (Lipinski definition) is 2. The summed E-state index contributed by atoms with van der Waals surface area (Å²) in [5.41, 5.74) is -0.606. The lowest BCUT2D eigenvalue weighted by atomic mass is 10.2. The summed E-state index contributed by atoms with van der Waals surface area (Å²) in [7, 11) is 1.41. The zero-order chi connectivity index (χ0) is 20.5. The molecule has 28 heavy (non-hydrogen) atoms. The number of methoxy groups -OCH3 is 1. The molecule has 0 saturated carbocycles. The number of hydrogen-bond acceptors (Lipinski definition) is 5. The van der Waals surface area contributed by atoms with Gasteiger partial charge in [0, 0.05) is 25.1 Å². The quantitative estimate of drug-likeness (QED) is 0.655. The van der Waals surface area contributed by atoms with Crippen LogP contribution < -0.4 is 10.6 Å². The monoisotopic (exact) mass is 398 g/mol. The maximum absolute atomic E-state index is 13.5. The molecule has 8 nitrogen and oxygen atoms in total. The van der Waals surface area contributed by atoms with E-state index in [1.54, 1.807) is 6.92 Å². The highest BCUT2D eigenvalue weighted by atomic mass is 19.4. The van der Waals surface area contributed by atoms with Crippen LogP contribution in [-0.4, -0.2) is 32.7 Å². The molecule has 3 rings (SSSR count). The van der Waals surface area contributed by atoms with Crippen LogP contribution in [0.1, 0.15) is 24.4 Å². The molecular weight excluding hydrogens is 384 g/mol. The molecule has 0 radical (unpaired) electrons. The number of halogens is 4. The molecule has 0 saturated heterocycles. The zero-order valence-electron chi connectivity index (χ0n) is 14.6. The first-order chi connectivity index (χ1) is 13.2. The van der Waals surface area contributed by atoms with E-state index in [4.69, 9.17) is 4.74 Å². The number of aromatic nitrogens is 4. The average molecular weight is 398 g/mol. The number of anilines is 2. The number of alkyl halides is 3. The minimum Gasteiger partial charge on any atom is -0.375 e. The summed E-state index contributed by atoms with van der Waals surface area (Å²) in [5, 5.41) is 8.41. The van der Waals surface area contributed by atoms with Gasteiger partial charge in [0.25, 0.3) is 0 Å². The van der Waals surface area contributed by atoms with Crippen LogP contribution >= 0.6 is 0 Å². The highest BCUT2D eigenvalue weighted by Gasteiger charge is 2.32. The molecule has 0 aliphatic heterocycles. The SMILES string of the molecule is COC(C)c1c(NC(=O)Nc2ccnc(C(F)(F)F)c2)cnc2cc(F)nn12. The Morgan fingerprint density at radius 1 is 1.25 bits per heavy atom. The van der Waals surface area contributed by atoms with E-state index >= 15 is 0 Å². The second kappa shape index (κ2) is 7.38. The Kier molecular flexibility index (Phi) is 5.14. The van der Waals surface area contributed by atoms with Gasteiger partial charge in [0.2, 0.25) is 5.95 Å². The summed E-state index contributed by atoms with van der Waals surface area (Å²) in [6.07, 6.45) is -3.04. The summed E-state index contributed by atoms with van der Waals surface area (Å²) in [6.45, 7) is 1.65. The van der Waals surface area contributed by atoms with E-state index in [1.807, 2.05) is 0 Å². The number of carbonyl (C=O) groups is 1. The third-order valence-corrected chi connectivity index (χ3v) is 3.79. The van der Waals surface area contributed by atoms with Crippen LogP contribution in [0.2, 0.25) is 0 Å². The van der Waals surface area contributed by atoms with Crippen LogP contribution in [0.25, 0.3) is 5.65 Å². The van der Waals surface area contributed by atoms with Gasteiger partial charge in [0.1, 0.15) is 5.69 Å². The smallest absolute Gasteiger partial charge is 0.375 e. The van der Waals surface area contributed by atoms with Crippen LogP contribution in [0, 0.1) is 5.95 Å². The van der Waals surface area contributed by atoms with Crippen LogP contribution in [0.5, 0.6) is 0 Å². The van der Waals surface area contributed by atoms with Gasteiger partial charge in [-0.1, -0.05) is 0 Å². The molecule has 0 bridgehead atoms. The normalized spacial score (nSPS) is 12.8. The lowest BCUT2D eigenvalue weighted by Crippen LogP contribution is -2.22. The second-order valence-electron chi connectivity index (χ2n) is 5.68. The first kappa shape index (κ1) is 19.5. The second-order valence-corrected chi connectivity index (χ2v) is 5.68. The Bertz CT molecular complexity index is 1020. The molecule has 2 N–H and O–H groups in total. The van der Waals surface area contributed by atoms with E-state index in [0.29, 0.717) is 11.8 Å². The van der Waals surface area contributed by atoms with Crippen LogP contribution in [-0.2, 0) is 10.9 Å². The van der Waals surface area contributed by atoms with Crippen molar-refractivity contribution in [1.29, 1.82) is 0 Å². The van der Waals surface area contributed by atoms with Crippen molar-refractivity contribution in [2.75, 3.05) is 17.7 Å². The number of nitrogens with one attached hydrogen (secondary N) is 2. The maximum atomic E-state index is 13.5. The summed E-state index contributed by atoms with van der Waals surface area (Å²) in [5.74, 6) is -0.768. The molecule has 12 heteroatoms. The third-order valence-electron chi connectivity index (χ3n) is 3.79. The van der Waals surface area contributed by atoms with Gasteiger partial charge in [0.05, 0.1) is 23.7 Å². The summed E-state index contributed by atoms with van der Waals surface area (Å²) in [4.78, 5) is 19.5. The lowest BCUT2D eigenvalue weighted by molar-refractivity contribution is -0.141. The highest BCUT2D eigenvalue weighted by Crippen LogP contribution is 2.29. The Balaban J connectivity index is 1.87. The number of carbonyl (C=O) groups excluding carboxylic acids is 1. The van der Waals surface area contributed by atoms with Crippen LogP contribution in [0.4, 0.5) is 33.7 Å². The first-order valence-corrected chi connectivity index (χ1v) is 7.87. The summed E-state index contributed by atoms with van der Waals surface area (Å²) in [6, 6.07) is 2.17. The predicted molar refractivity (Wildman–Crippen MR) is 90.2 cm³/mol. The fourth-order valence-electron chi connectivity index (χ4n) is 2.47. The molecule has 2 amide bonds. The minimum absolute atomic E-state index is 0.111. The van der Waals surface area contributed by atoms with E-state index in [1.165, 1.54) is 23.9 Å². The minimum atomic E-state index is -4.64. The lowest BCUT2D eigenvalue weighted by Gasteiger charge is -2.17. The van der Waals surface area contributed by atoms with Gasteiger partial charge in [-0.05, 0) is 19.1 Å². The third kappa shape index (κ3) is 4.01. The summed E-state index contributed by atoms with van der Waals surface area (Å²) >= 11 is 0. The zero-order valence-corrected chi connectivity index (χ0v) is 14.6. The van der Waals surface area contributed by atoms with Crippen molar-refractivity contribution in [3.63, 3.8) is 0 Å². The Hall–Kier alpha value is -3.28. The Morgan fingerprint density at radius 3 is 2.68 bits per heavy atom. The molecular formula is C16H14F4N6O2. The van der Waals surface area contributed by atoms with E-state index in [9.17, 15) is 22.4 Å². The maximum Gasteiger partial charge on any atom is 0.433 e. The number of rotatable bonds is 4. The number of ether oxygens (including phenoxy) is 1. The topological polar surface area (TPSA) is 93.4 Å². The fraction of sp³-hybridized carbons (Fsp3) is 0.250. The molecule has 1 atom stereocenters. The van der Waals surface area contributed by atoms with Crippen molar-refractivity contribution in [2.24, 2.45) is 0 Å².